The van der Waals surface area contributed by atoms with Crippen LogP contribution in [0.4, 0.5) is 0 Å². The van der Waals surface area contributed by atoms with E-state index in [2.05, 4.69) is 4.98 Å². The van der Waals surface area contributed by atoms with Crippen molar-refractivity contribution in [1.82, 2.24) is 9.88 Å². The number of aromatic amines is 1. The number of carbonyl (C=O) groups is 1. The van der Waals surface area contributed by atoms with E-state index in [0.29, 0.717) is 29.2 Å². The van der Waals surface area contributed by atoms with Crippen molar-refractivity contribution in [2.75, 3.05) is 26.3 Å². The molecule has 3 heterocycles. The molecule has 3 fully saturated rings. The predicted octanol–water partition coefficient (Wildman–Crippen LogP) is 1.85. The molecule has 0 spiro atoms. The Morgan fingerprint density at radius 3 is 2.83 bits per heavy atom. The third kappa shape index (κ3) is 2.42. The van der Waals surface area contributed by atoms with Gasteiger partial charge in [0, 0.05) is 31.5 Å². The van der Waals surface area contributed by atoms with Crippen molar-refractivity contribution >= 4 is 5.91 Å². The molecule has 0 unspecified atom stereocenters. The van der Waals surface area contributed by atoms with Gasteiger partial charge in [-0.3, -0.25) is 9.59 Å². The zero-order valence-electron chi connectivity index (χ0n) is 13.7. The number of carbonyl (C=O) groups excluding carboxylic acids is 1. The average Bonchev–Trinajstić information content (AvgIpc) is 3.17. The Morgan fingerprint density at radius 1 is 1.22 bits per heavy atom. The minimum Gasteiger partial charge on any atom is -0.381 e. The maximum Gasteiger partial charge on any atom is 0.255 e. The fraction of sp³-hybridized carbons (Fsp3) is 0.667. The highest BCUT2D eigenvalue weighted by Gasteiger charge is 2.51. The van der Waals surface area contributed by atoms with Crippen molar-refractivity contribution in [3.63, 3.8) is 0 Å². The first-order valence-corrected chi connectivity index (χ1v) is 8.65. The lowest BCUT2D eigenvalue weighted by Gasteiger charge is -2.22. The molecule has 2 saturated heterocycles. The molecule has 4 atom stereocenters. The van der Waals surface area contributed by atoms with Gasteiger partial charge in [-0.25, -0.2) is 0 Å². The van der Waals surface area contributed by atoms with Crippen LogP contribution in [0, 0.1) is 23.7 Å². The van der Waals surface area contributed by atoms with Crippen LogP contribution in [0.2, 0.25) is 0 Å². The van der Waals surface area contributed by atoms with Crippen LogP contribution in [0.15, 0.2) is 16.9 Å². The first kappa shape index (κ1) is 14.9. The zero-order valence-corrected chi connectivity index (χ0v) is 13.7. The molecule has 5 nitrogen and oxygen atoms in total. The standard InChI is InChI=1S/C18H24N2O3/c1-10(2)17-13(3-4-16(21)19-17)18(22)20-6-11-5-12-8-23-9-15(12)14(11)7-20/h3-4,10-12,14-15H,5-9H2,1-2H3,(H,19,21)/t11-,12+,14+,15-/m0/s1. The summed E-state index contributed by atoms with van der Waals surface area (Å²) in [6.45, 7) is 7.47. The van der Waals surface area contributed by atoms with Crippen LogP contribution < -0.4 is 5.56 Å². The second-order valence-corrected chi connectivity index (χ2v) is 7.64. The first-order valence-electron chi connectivity index (χ1n) is 8.65. The van der Waals surface area contributed by atoms with Crippen LogP contribution in [0.5, 0.6) is 0 Å². The van der Waals surface area contributed by atoms with Gasteiger partial charge in [-0.05, 0) is 42.1 Å². The maximum absolute atomic E-state index is 13.0. The lowest BCUT2D eigenvalue weighted by molar-refractivity contribution is 0.0772. The fourth-order valence-electron chi connectivity index (χ4n) is 4.82. The van der Waals surface area contributed by atoms with Crippen molar-refractivity contribution in [2.45, 2.75) is 26.2 Å². The molecule has 23 heavy (non-hydrogen) atoms. The molecular formula is C18H24N2O3. The van der Waals surface area contributed by atoms with E-state index in [1.54, 1.807) is 6.07 Å². The molecule has 1 aromatic rings. The monoisotopic (exact) mass is 316 g/mol. The van der Waals surface area contributed by atoms with Crippen LogP contribution in [0.1, 0.15) is 42.2 Å². The van der Waals surface area contributed by atoms with Gasteiger partial charge in [-0.15, -0.1) is 0 Å². The van der Waals surface area contributed by atoms with Gasteiger partial charge in [0.05, 0.1) is 12.2 Å². The Balaban J connectivity index is 1.56. The van der Waals surface area contributed by atoms with E-state index in [0.717, 1.165) is 32.0 Å². The molecule has 124 valence electrons. The quantitative estimate of drug-likeness (QED) is 0.906. The van der Waals surface area contributed by atoms with Gasteiger partial charge in [0.25, 0.3) is 5.91 Å². The highest BCUT2D eigenvalue weighted by molar-refractivity contribution is 5.95. The molecule has 1 aromatic heterocycles. The lowest BCUT2D eigenvalue weighted by atomic mass is 9.91. The van der Waals surface area contributed by atoms with Crippen molar-refractivity contribution in [1.29, 1.82) is 0 Å². The van der Waals surface area contributed by atoms with E-state index < -0.39 is 0 Å². The van der Waals surface area contributed by atoms with Crippen LogP contribution in [0.25, 0.3) is 0 Å². The maximum atomic E-state index is 13.0. The summed E-state index contributed by atoms with van der Waals surface area (Å²) >= 11 is 0. The molecule has 1 saturated carbocycles. The summed E-state index contributed by atoms with van der Waals surface area (Å²) < 4.78 is 5.62. The summed E-state index contributed by atoms with van der Waals surface area (Å²) in [7, 11) is 0. The van der Waals surface area contributed by atoms with E-state index in [9.17, 15) is 9.59 Å². The molecule has 0 aromatic carbocycles. The highest BCUT2D eigenvalue weighted by Crippen LogP contribution is 2.48. The predicted molar refractivity (Wildman–Crippen MR) is 86.5 cm³/mol. The smallest absolute Gasteiger partial charge is 0.255 e. The summed E-state index contributed by atoms with van der Waals surface area (Å²) in [4.78, 5) is 29.4. The largest absolute Gasteiger partial charge is 0.381 e. The Morgan fingerprint density at radius 2 is 2.04 bits per heavy atom. The van der Waals surface area contributed by atoms with Crippen molar-refractivity contribution < 1.29 is 9.53 Å². The molecule has 0 radical (unpaired) electrons. The second kappa shape index (κ2) is 5.48. The number of ether oxygens (including phenoxy) is 1. The Hall–Kier alpha value is -1.62. The van der Waals surface area contributed by atoms with Crippen molar-refractivity contribution in [3.8, 4) is 0 Å². The molecule has 2 aliphatic heterocycles. The zero-order chi connectivity index (χ0) is 16.1. The summed E-state index contributed by atoms with van der Waals surface area (Å²) in [6.07, 6.45) is 1.20. The fourth-order valence-corrected chi connectivity index (χ4v) is 4.82. The molecule has 1 aliphatic carbocycles. The van der Waals surface area contributed by atoms with Crippen molar-refractivity contribution in [2.24, 2.45) is 23.7 Å². The molecular weight excluding hydrogens is 292 g/mol. The summed E-state index contributed by atoms with van der Waals surface area (Å²) in [5.41, 5.74) is 1.26. The van der Waals surface area contributed by atoms with Gasteiger partial charge < -0.3 is 14.6 Å². The van der Waals surface area contributed by atoms with Crippen LogP contribution in [0.3, 0.4) is 0 Å². The number of fused-ring (bicyclic) bond motifs is 3. The first-order chi connectivity index (χ1) is 11.0. The normalized spacial score (nSPS) is 32.4. The third-order valence-electron chi connectivity index (χ3n) is 5.94. The number of pyridine rings is 1. The number of likely N-dealkylation sites (tertiary alicyclic amines) is 1. The van der Waals surface area contributed by atoms with Gasteiger partial charge in [-0.2, -0.15) is 0 Å². The Labute approximate surface area is 136 Å². The van der Waals surface area contributed by atoms with E-state index in [1.807, 2.05) is 18.7 Å². The van der Waals surface area contributed by atoms with Gasteiger partial charge in [-0.1, -0.05) is 13.8 Å². The number of hydrogen-bond donors (Lipinski definition) is 1. The van der Waals surface area contributed by atoms with Crippen LogP contribution >= 0.6 is 0 Å². The molecule has 4 rings (SSSR count). The van der Waals surface area contributed by atoms with Crippen LogP contribution in [-0.4, -0.2) is 42.1 Å². The SMILES string of the molecule is CC(C)c1[nH]c(=O)ccc1C(=O)N1C[C@@H]2C[C@@H]3COC[C@@H]3[C@@H]2C1. The Bertz CT molecular complexity index is 681. The lowest BCUT2D eigenvalue weighted by Crippen LogP contribution is -2.32. The Kier molecular flexibility index (Phi) is 3.56. The minimum absolute atomic E-state index is 0.0646. The van der Waals surface area contributed by atoms with Crippen molar-refractivity contribution in [3.05, 3.63) is 33.7 Å². The molecule has 3 aliphatic rings. The van der Waals surface area contributed by atoms with E-state index in [4.69, 9.17) is 4.74 Å². The van der Waals surface area contributed by atoms with Gasteiger partial charge >= 0.3 is 0 Å². The molecule has 1 N–H and O–H groups in total. The second-order valence-electron chi connectivity index (χ2n) is 7.64. The number of nitrogens with zero attached hydrogens (tertiary/aromatic N) is 1. The highest BCUT2D eigenvalue weighted by atomic mass is 16.5. The van der Waals surface area contributed by atoms with E-state index in [-0.39, 0.29) is 17.4 Å². The topological polar surface area (TPSA) is 62.4 Å². The summed E-state index contributed by atoms with van der Waals surface area (Å²) in [6, 6.07) is 3.14. The van der Waals surface area contributed by atoms with Crippen LogP contribution in [-0.2, 0) is 4.74 Å². The number of amides is 1. The third-order valence-corrected chi connectivity index (χ3v) is 5.94. The summed E-state index contributed by atoms with van der Waals surface area (Å²) in [5.74, 6) is 2.76. The number of rotatable bonds is 2. The number of nitrogens with one attached hydrogen (secondary N) is 1. The van der Waals surface area contributed by atoms with Gasteiger partial charge in [0.15, 0.2) is 0 Å². The average molecular weight is 316 g/mol. The molecule has 1 amide bonds. The molecule has 5 heteroatoms. The summed E-state index contributed by atoms with van der Waals surface area (Å²) in [5, 5.41) is 0. The number of hydrogen-bond acceptors (Lipinski definition) is 3. The molecule has 0 bridgehead atoms. The number of aromatic nitrogens is 1. The van der Waals surface area contributed by atoms with Gasteiger partial charge in [0.1, 0.15) is 0 Å². The van der Waals surface area contributed by atoms with E-state index in [1.165, 1.54) is 12.5 Å². The van der Waals surface area contributed by atoms with Gasteiger partial charge in [0.2, 0.25) is 5.56 Å². The minimum atomic E-state index is -0.144. The number of H-pyrrole nitrogens is 1. The van der Waals surface area contributed by atoms with E-state index >= 15 is 0 Å².